The lowest BCUT2D eigenvalue weighted by Gasteiger charge is -2.13. The highest BCUT2D eigenvalue weighted by Crippen LogP contribution is 2.35. The maximum absolute atomic E-state index is 10.6. The van der Waals surface area contributed by atoms with Gasteiger partial charge in [-0.25, -0.2) is 0 Å². The Morgan fingerprint density at radius 2 is 1.74 bits per heavy atom. The third kappa shape index (κ3) is 3.56. The van der Waals surface area contributed by atoms with Crippen molar-refractivity contribution in [1.82, 2.24) is 0 Å². The van der Waals surface area contributed by atoms with Crippen LogP contribution in [0.5, 0.6) is 0 Å². The Labute approximate surface area is 115 Å². The molecule has 2 rings (SSSR count). The molecule has 1 atom stereocenters. The summed E-state index contributed by atoms with van der Waals surface area (Å²) in [7, 11) is 0. The van der Waals surface area contributed by atoms with E-state index in [1.807, 2.05) is 30.3 Å². The van der Waals surface area contributed by atoms with Crippen LogP contribution < -0.4 is 0 Å². The van der Waals surface area contributed by atoms with E-state index >= 15 is 0 Å². The van der Waals surface area contributed by atoms with Crippen molar-refractivity contribution >= 4 is 17.4 Å². The van der Waals surface area contributed by atoms with Gasteiger partial charge in [0.15, 0.2) is 0 Å². The predicted octanol–water partition coefficient (Wildman–Crippen LogP) is 3.42. The molecule has 0 aliphatic heterocycles. The number of nitro groups is 1. The van der Waals surface area contributed by atoms with E-state index in [-0.39, 0.29) is 17.5 Å². The van der Waals surface area contributed by atoms with Crippen molar-refractivity contribution in [2.24, 2.45) is 0 Å². The summed E-state index contributed by atoms with van der Waals surface area (Å²) in [5.74, 6) is 0. The molecule has 0 radical (unpaired) electrons. The molecule has 0 saturated heterocycles. The second-order valence-corrected chi connectivity index (χ2v) is 5.23. The van der Waals surface area contributed by atoms with Crippen LogP contribution in [0.15, 0.2) is 59.5 Å². The van der Waals surface area contributed by atoms with E-state index in [1.54, 1.807) is 12.1 Å². The van der Waals surface area contributed by atoms with Crippen molar-refractivity contribution in [3.05, 3.63) is 70.3 Å². The highest BCUT2D eigenvalue weighted by Gasteiger charge is 2.12. The van der Waals surface area contributed by atoms with Crippen molar-refractivity contribution in [3.63, 3.8) is 0 Å². The monoisotopic (exact) mass is 275 g/mol. The van der Waals surface area contributed by atoms with Gasteiger partial charge in [-0.3, -0.25) is 10.1 Å². The van der Waals surface area contributed by atoms with Gasteiger partial charge >= 0.3 is 0 Å². The molecule has 0 saturated carbocycles. The summed E-state index contributed by atoms with van der Waals surface area (Å²) < 4.78 is 0. The first-order valence-electron chi connectivity index (χ1n) is 5.77. The fourth-order valence-electron chi connectivity index (χ4n) is 1.69. The van der Waals surface area contributed by atoms with Crippen LogP contribution in [-0.4, -0.2) is 16.6 Å². The van der Waals surface area contributed by atoms with Gasteiger partial charge in [0.2, 0.25) is 0 Å². The largest absolute Gasteiger partial charge is 0.395 e. The van der Waals surface area contributed by atoms with Gasteiger partial charge in [-0.05, 0) is 17.7 Å². The van der Waals surface area contributed by atoms with Crippen molar-refractivity contribution in [3.8, 4) is 0 Å². The number of benzene rings is 2. The molecule has 0 heterocycles. The summed E-state index contributed by atoms with van der Waals surface area (Å²) in [5.41, 5.74) is 1.11. The fourth-order valence-corrected chi connectivity index (χ4v) is 2.68. The summed E-state index contributed by atoms with van der Waals surface area (Å²) in [6, 6.07) is 16.0. The SMILES string of the molecule is O=[N+]([O-])c1ccc(SC(CO)c2ccccc2)cc1. The van der Waals surface area contributed by atoms with Crippen LogP contribution in [0.2, 0.25) is 0 Å². The lowest BCUT2D eigenvalue weighted by Crippen LogP contribution is -1.99. The Bertz CT molecular complexity index is 542. The lowest BCUT2D eigenvalue weighted by molar-refractivity contribution is -0.384. The van der Waals surface area contributed by atoms with Gasteiger partial charge in [-0.2, -0.15) is 0 Å². The number of nitrogens with zero attached hydrogens (tertiary/aromatic N) is 1. The van der Waals surface area contributed by atoms with E-state index in [1.165, 1.54) is 23.9 Å². The summed E-state index contributed by atoms with van der Waals surface area (Å²) in [4.78, 5) is 11.0. The molecule has 0 aromatic heterocycles. The van der Waals surface area contributed by atoms with Crippen molar-refractivity contribution in [1.29, 1.82) is 0 Å². The topological polar surface area (TPSA) is 63.4 Å². The first-order chi connectivity index (χ1) is 9.20. The van der Waals surface area contributed by atoms with Crippen LogP contribution >= 0.6 is 11.8 Å². The first-order valence-corrected chi connectivity index (χ1v) is 6.65. The van der Waals surface area contributed by atoms with Crippen molar-refractivity contribution in [2.75, 3.05) is 6.61 Å². The molecule has 0 aliphatic carbocycles. The van der Waals surface area contributed by atoms with Crippen molar-refractivity contribution in [2.45, 2.75) is 10.1 Å². The molecule has 2 aromatic rings. The highest BCUT2D eigenvalue weighted by molar-refractivity contribution is 7.99. The number of thioether (sulfide) groups is 1. The standard InChI is InChI=1S/C14H13NO3S/c16-10-14(11-4-2-1-3-5-11)19-13-8-6-12(7-9-13)15(17)18/h1-9,14,16H,10H2. The average Bonchev–Trinajstić information content (AvgIpc) is 2.46. The zero-order chi connectivity index (χ0) is 13.7. The molecular weight excluding hydrogens is 262 g/mol. The van der Waals surface area contributed by atoms with E-state index in [0.29, 0.717) is 0 Å². The second kappa shape index (κ2) is 6.36. The zero-order valence-electron chi connectivity index (χ0n) is 10.1. The smallest absolute Gasteiger partial charge is 0.269 e. The van der Waals surface area contributed by atoms with E-state index < -0.39 is 4.92 Å². The minimum absolute atomic E-state index is 0.0195. The molecule has 98 valence electrons. The van der Waals surface area contributed by atoms with Crippen LogP contribution in [0.3, 0.4) is 0 Å². The molecule has 0 amide bonds. The summed E-state index contributed by atoms with van der Waals surface area (Å²) in [6.07, 6.45) is 0. The van der Waals surface area contributed by atoms with E-state index in [2.05, 4.69) is 0 Å². The molecular formula is C14H13NO3S. The Hall–Kier alpha value is -1.85. The number of hydrogen-bond acceptors (Lipinski definition) is 4. The molecule has 2 aromatic carbocycles. The third-order valence-corrected chi connectivity index (χ3v) is 3.91. The highest BCUT2D eigenvalue weighted by atomic mass is 32.2. The van der Waals surface area contributed by atoms with Gasteiger partial charge in [0.1, 0.15) is 0 Å². The van der Waals surface area contributed by atoms with Gasteiger partial charge in [0, 0.05) is 17.0 Å². The summed E-state index contributed by atoms with van der Waals surface area (Å²) in [6.45, 7) is 0.0195. The van der Waals surface area contributed by atoms with Crippen LogP contribution in [-0.2, 0) is 0 Å². The van der Waals surface area contributed by atoms with Crippen molar-refractivity contribution < 1.29 is 10.0 Å². The average molecular weight is 275 g/mol. The van der Waals surface area contributed by atoms with Crippen LogP contribution in [0.25, 0.3) is 0 Å². The maximum atomic E-state index is 10.6. The normalized spacial score (nSPS) is 12.1. The first kappa shape index (κ1) is 13.6. The molecule has 0 bridgehead atoms. The quantitative estimate of drug-likeness (QED) is 0.516. The maximum Gasteiger partial charge on any atom is 0.269 e. The third-order valence-electron chi connectivity index (χ3n) is 2.66. The lowest BCUT2D eigenvalue weighted by atomic mass is 10.2. The second-order valence-electron chi connectivity index (χ2n) is 3.95. The van der Waals surface area contributed by atoms with Crippen LogP contribution in [0.1, 0.15) is 10.8 Å². The predicted molar refractivity (Wildman–Crippen MR) is 75.2 cm³/mol. The molecule has 19 heavy (non-hydrogen) atoms. The number of nitro benzene ring substituents is 1. The Kier molecular flexibility index (Phi) is 4.54. The molecule has 1 N–H and O–H groups in total. The van der Waals surface area contributed by atoms with E-state index in [9.17, 15) is 15.2 Å². The minimum atomic E-state index is -0.421. The number of non-ortho nitro benzene ring substituents is 1. The van der Waals surface area contributed by atoms with Crippen LogP contribution in [0, 0.1) is 10.1 Å². The molecule has 0 spiro atoms. The number of hydrogen-bond donors (Lipinski definition) is 1. The fraction of sp³-hybridized carbons (Fsp3) is 0.143. The Morgan fingerprint density at radius 1 is 1.11 bits per heavy atom. The molecule has 4 nitrogen and oxygen atoms in total. The van der Waals surface area contributed by atoms with Gasteiger partial charge in [0.05, 0.1) is 16.8 Å². The van der Waals surface area contributed by atoms with Gasteiger partial charge < -0.3 is 5.11 Å². The molecule has 0 aliphatic rings. The van der Waals surface area contributed by atoms with Crippen LogP contribution in [0.4, 0.5) is 5.69 Å². The zero-order valence-corrected chi connectivity index (χ0v) is 10.9. The number of aliphatic hydroxyl groups excluding tert-OH is 1. The Morgan fingerprint density at radius 3 is 2.26 bits per heavy atom. The van der Waals surface area contributed by atoms with Gasteiger partial charge in [0.25, 0.3) is 5.69 Å². The van der Waals surface area contributed by atoms with E-state index in [4.69, 9.17) is 0 Å². The summed E-state index contributed by atoms with van der Waals surface area (Å²) >= 11 is 1.49. The van der Waals surface area contributed by atoms with Gasteiger partial charge in [-0.15, -0.1) is 11.8 Å². The molecule has 1 unspecified atom stereocenters. The molecule has 5 heteroatoms. The number of aliphatic hydroxyl groups is 1. The minimum Gasteiger partial charge on any atom is -0.395 e. The molecule has 0 fully saturated rings. The summed E-state index contributed by atoms with van der Waals surface area (Å²) in [5, 5.41) is 20.0. The van der Waals surface area contributed by atoms with E-state index in [0.717, 1.165) is 10.5 Å². The van der Waals surface area contributed by atoms with Gasteiger partial charge in [-0.1, -0.05) is 30.3 Å². The Balaban J connectivity index is 2.12. The number of rotatable bonds is 5.